The smallest absolute Gasteiger partial charge is 0.133 e. The predicted molar refractivity (Wildman–Crippen MR) is 67.4 cm³/mol. The van der Waals surface area contributed by atoms with Crippen LogP contribution in [0, 0.1) is 11.8 Å². The number of rotatable bonds is 10. The van der Waals surface area contributed by atoms with Crippen LogP contribution < -0.4 is 0 Å². The zero-order valence-electron chi connectivity index (χ0n) is 11.0. The van der Waals surface area contributed by atoms with Crippen LogP contribution in [0.5, 0.6) is 0 Å². The molecule has 0 amide bonds. The third-order valence-corrected chi connectivity index (χ3v) is 2.89. The first-order valence-corrected chi connectivity index (χ1v) is 6.57. The van der Waals surface area contributed by atoms with Crippen molar-refractivity contribution < 1.29 is 9.59 Å². The van der Waals surface area contributed by atoms with Gasteiger partial charge in [0.25, 0.3) is 0 Å². The Labute approximate surface area is 99.8 Å². The second-order valence-electron chi connectivity index (χ2n) is 5.01. The van der Waals surface area contributed by atoms with E-state index in [1.807, 2.05) is 6.92 Å². The first-order chi connectivity index (χ1) is 7.60. The minimum absolute atomic E-state index is 0.0860. The lowest BCUT2D eigenvalue weighted by Crippen LogP contribution is -2.09. The molecular formula is C14H26O2. The van der Waals surface area contributed by atoms with Crippen molar-refractivity contribution in [2.75, 3.05) is 0 Å². The number of carbonyl (C=O) groups is 2. The zero-order valence-corrected chi connectivity index (χ0v) is 11.0. The maximum atomic E-state index is 11.6. The molecule has 16 heavy (non-hydrogen) atoms. The SMILES string of the molecule is CCCCCCC(=O)CC(C)CC(C)C=O. The first kappa shape index (κ1) is 15.3. The van der Waals surface area contributed by atoms with E-state index in [9.17, 15) is 9.59 Å². The maximum absolute atomic E-state index is 11.6. The highest BCUT2D eigenvalue weighted by atomic mass is 16.1. The Bertz CT molecular complexity index is 199. The summed E-state index contributed by atoms with van der Waals surface area (Å²) < 4.78 is 0. The van der Waals surface area contributed by atoms with Crippen LogP contribution in [-0.4, -0.2) is 12.1 Å². The summed E-state index contributed by atoms with van der Waals surface area (Å²) >= 11 is 0. The van der Waals surface area contributed by atoms with Gasteiger partial charge in [-0.25, -0.2) is 0 Å². The van der Waals surface area contributed by atoms with E-state index in [1.165, 1.54) is 19.3 Å². The van der Waals surface area contributed by atoms with Crippen molar-refractivity contribution >= 4 is 12.1 Å². The first-order valence-electron chi connectivity index (χ1n) is 6.57. The standard InChI is InChI=1S/C14H26O2/c1-4-5-6-7-8-14(16)10-12(2)9-13(3)11-15/h11-13H,4-10H2,1-3H3. The van der Waals surface area contributed by atoms with E-state index in [4.69, 9.17) is 0 Å². The second-order valence-corrected chi connectivity index (χ2v) is 5.01. The van der Waals surface area contributed by atoms with Crippen LogP contribution in [0.4, 0.5) is 0 Å². The Morgan fingerprint density at radius 2 is 1.88 bits per heavy atom. The van der Waals surface area contributed by atoms with Crippen molar-refractivity contribution in [1.29, 1.82) is 0 Å². The number of carbonyl (C=O) groups excluding carboxylic acids is 2. The molecule has 0 saturated carbocycles. The molecule has 0 aliphatic rings. The molecule has 0 saturated heterocycles. The third kappa shape index (κ3) is 8.63. The van der Waals surface area contributed by atoms with Crippen LogP contribution >= 0.6 is 0 Å². The van der Waals surface area contributed by atoms with Gasteiger partial charge < -0.3 is 4.79 Å². The van der Waals surface area contributed by atoms with Crippen LogP contribution in [0.2, 0.25) is 0 Å². The normalized spacial score (nSPS) is 14.4. The van der Waals surface area contributed by atoms with Gasteiger partial charge in [-0.1, -0.05) is 40.0 Å². The number of aldehydes is 1. The van der Waals surface area contributed by atoms with E-state index in [2.05, 4.69) is 13.8 Å². The van der Waals surface area contributed by atoms with Gasteiger partial charge in [-0.15, -0.1) is 0 Å². The van der Waals surface area contributed by atoms with Crippen LogP contribution in [0.1, 0.15) is 65.7 Å². The fraction of sp³-hybridized carbons (Fsp3) is 0.857. The number of Topliss-reactive ketones (excluding diaryl/α,β-unsaturated/α-hetero) is 1. The molecule has 0 aliphatic heterocycles. The van der Waals surface area contributed by atoms with Crippen molar-refractivity contribution in [3.05, 3.63) is 0 Å². The lowest BCUT2D eigenvalue weighted by Gasteiger charge is -2.12. The molecule has 0 aliphatic carbocycles. The summed E-state index contributed by atoms with van der Waals surface area (Å²) in [6.07, 6.45) is 7.81. The molecule has 0 rings (SSSR count). The molecule has 0 aromatic rings. The summed E-state index contributed by atoms with van der Waals surface area (Å²) in [6, 6.07) is 0. The molecule has 2 nitrogen and oxygen atoms in total. The molecule has 2 atom stereocenters. The van der Waals surface area contributed by atoms with Gasteiger partial charge in [0.2, 0.25) is 0 Å². The third-order valence-electron chi connectivity index (χ3n) is 2.89. The van der Waals surface area contributed by atoms with Gasteiger partial charge in [0.05, 0.1) is 0 Å². The fourth-order valence-electron chi connectivity index (χ4n) is 2.01. The molecule has 2 heteroatoms. The van der Waals surface area contributed by atoms with E-state index in [0.29, 0.717) is 18.1 Å². The van der Waals surface area contributed by atoms with Gasteiger partial charge in [-0.2, -0.15) is 0 Å². The predicted octanol–water partition coefficient (Wildman–Crippen LogP) is 3.78. The molecule has 0 aromatic heterocycles. The highest BCUT2D eigenvalue weighted by Crippen LogP contribution is 2.16. The van der Waals surface area contributed by atoms with Gasteiger partial charge in [-0.05, 0) is 18.8 Å². The topological polar surface area (TPSA) is 34.1 Å². The summed E-state index contributed by atoms with van der Waals surface area (Å²) in [6.45, 7) is 6.14. The van der Waals surface area contributed by atoms with Crippen LogP contribution in [0.3, 0.4) is 0 Å². The van der Waals surface area contributed by atoms with E-state index in [0.717, 1.165) is 25.5 Å². The second kappa shape index (κ2) is 9.56. The monoisotopic (exact) mass is 226 g/mol. The summed E-state index contributed by atoms with van der Waals surface area (Å²) in [5, 5.41) is 0. The highest BCUT2D eigenvalue weighted by molar-refractivity contribution is 5.78. The lowest BCUT2D eigenvalue weighted by atomic mass is 9.92. The summed E-state index contributed by atoms with van der Waals surface area (Å²) in [4.78, 5) is 22.1. The molecule has 0 fully saturated rings. The average molecular weight is 226 g/mol. The quantitative estimate of drug-likeness (QED) is 0.419. The van der Waals surface area contributed by atoms with Crippen molar-refractivity contribution in [3.8, 4) is 0 Å². The molecular weight excluding hydrogens is 200 g/mol. The molecule has 0 radical (unpaired) electrons. The Morgan fingerprint density at radius 3 is 2.44 bits per heavy atom. The van der Waals surface area contributed by atoms with Crippen LogP contribution in [-0.2, 0) is 9.59 Å². The van der Waals surface area contributed by atoms with Crippen molar-refractivity contribution in [1.82, 2.24) is 0 Å². The van der Waals surface area contributed by atoms with E-state index < -0.39 is 0 Å². The number of ketones is 1. The van der Waals surface area contributed by atoms with Crippen molar-refractivity contribution in [2.24, 2.45) is 11.8 Å². The highest BCUT2D eigenvalue weighted by Gasteiger charge is 2.12. The molecule has 0 aromatic carbocycles. The van der Waals surface area contributed by atoms with Crippen molar-refractivity contribution in [2.45, 2.75) is 65.7 Å². The lowest BCUT2D eigenvalue weighted by molar-refractivity contribution is -0.120. The largest absolute Gasteiger partial charge is 0.303 e. The van der Waals surface area contributed by atoms with E-state index >= 15 is 0 Å². The number of unbranched alkanes of at least 4 members (excludes halogenated alkanes) is 3. The minimum atomic E-state index is 0.0860. The van der Waals surface area contributed by atoms with E-state index in [1.54, 1.807) is 0 Å². The zero-order chi connectivity index (χ0) is 12.4. The Hall–Kier alpha value is -0.660. The maximum Gasteiger partial charge on any atom is 0.133 e. The summed E-state index contributed by atoms with van der Waals surface area (Å²) in [5.74, 6) is 0.795. The van der Waals surface area contributed by atoms with Gasteiger partial charge in [0.15, 0.2) is 0 Å². The molecule has 2 unspecified atom stereocenters. The van der Waals surface area contributed by atoms with Crippen LogP contribution in [0.25, 0.3) is 0 Å². The Kier molecular flexibility index (Phi) is 9.16. The molecule has 0 N–H and O–H groups in total. The Morgan fingerprint density at radius 1 is 1.19 bits per heavy atom. The van der Waals surface area contributed by atoms with Gasteiger partial charge >= 0.3 is 0 Å². The summed E-state index contributed by atoms with van der Waals surface area (Å²) in [5.41, 5.74) is 0. The molecule has 0 heterocycles. The van der Waals surface area contributed by atoms with E-state index in [-0.39, 0.29) is 5.92 Å². The van der Waals surface area contributed by atoms with Gasteiger partial charge in [0, 0.05) is 18.8 Å². The molecule has 0 spiro atoms. The number of hydrogen-bond donors (Lipinski definition) is 0. The fourth-order valence-corrected chi connectivity index (χ4v) is 2.01. The molecule has 94 valence electrons. The molecule has 0 bridgehead atoms. The van der Waals surface area contributed by atoms with Gasteiger partial charge in [0.1, 0.15) is 12.1 Å². The van der Waals surface area contributed by atoms with Crippen LogP contribution in [0.15, 0.2) is 0 Å². The average Bonchev–Trinajstić information content (AvgIpc) is 2.24. The Balaban J connectivity index is 3.57. The minimum Gasteiger partial charge on any atom is -0.303 e. The van der Waals surface area contributed by atoms with Gasteiger partial charge in [-0.3, -0.25) is 4.79 Å². The number of hydrogen-bond acceptors (Lipinski definition) is 2. The van der Waals surface area contributed by atoms with Crippen molar-refractivity contribution in [3.63, 3.8) is 0 Å². The summed E-state index contributed by atoms with van der Waals surface area (Å²) in [7, 11) is 0.